The highest BCUT2D eigenvalue weighted by Gasteiger charge is 2.08. The van der Waals surface area contributed by atoms with Crippen molar-refractivity contribution in [2.45, 2.75) is 84.2 Å². The average Bonchev–Trinajstić information content (AvgIpc) is 2.65. The molecule has 1 unspecified atom stereocenters. The SMILES string of the molecule is CCCCCCCCCCC(C)OC(=O)CCNCCNCCNCCN. The van der Waals surface area contributed by atoms with E-state index in [1.165, 1.54) is 44.9 Å². The Hall–Kier alpha value is -0.690. The molecule has 0 bridgehead atoms. The number of carbonyl (C=O) groups is 1. The Morgan fingerprint density at radius 1 is 0.815 bits per heavy atom. The second kappa shape index (κ2) is 21.6. The van der Waals surface area contributed by atoms with Gasteiger partial charge in [0, 0.05) is 45.8 Å². The predicted molar refractivity (Wildman–Crippen MR) is 115 cm³/mol. The molecule has 0 saturated heterocycles. The normalized spacial score (nSPS) is 12.3. The summed E-state index contributed by atoms with van der Waals surface area (Å²) in [6.45, 7) is 10.1. The van der Waals surface area contributed by atoms with Gasteiger partial charge >= 0.3 is 5.97 Å². The van der Waals surface area contributed by atoms with Gasteiger partial charge in [0.1, 0.15) is 0 Å². The summed E-state index contributed by atoms with van der Waals surface area (Å²) in [7, 11) is 0. The fraction of sp³-hybridized carbons (Fsp3) is 0.952. The molecule has 0 rings (SSSR count). The summed E-state index contributed by atoms with van der Waals surface area (Å²) in [4.78, 5) is 11.8. The van der Waals surface area contributed by atoms with E-state index in [9.17, 15) is 4.79 Å². The van der Waals surface area contributed by atoms with Gasteiger partial charge in [0.25, 0.3) is 0 Å². The smallest absolute Gasteiger partial charge is 0.307 e. The molecule has 0 aliphatic carbocycles. The highest BCUT2D eigenvalue weighted by Crippen LogP contribution is 2.12. The predicted octanol–water partition coefficient (Wildman–Crippen LogP) is 2.57. The monoisotopic (exact) mass is 386 g/mol. The molecule has 0 aromatic heterocycles. The van der Waals surface area contributed by atoms with Crippen molar-refractivity contribution < 1.29 is 9.53 Å². The van der Waals surface area contributed by atoms with E-state index >= 15 is 0 Å². The lowest BCUT2D eigenvalue weighted by Gasteiger charge is -2.13. The summed E-state index contributed by atoms with van der Waals surface area (Å²) < 4.78 is 5.48. The topological polar surface area (TPSA) is 88.4 Å². The first-order valence-corrected chi connectivity index (χ1v) is 11.2. The maximum Gasteiger partial charge on any atom is 0.307 e. The van der Waals surface area contributed by atoms with Crippen molar-refractivity contribution in [1.29, 1.82) is 0 Å². The maximum atomic E-state index is 11.8. The Bertz CT molecular complexity index is 317. The zero-order chi connectivity index (χ0) is 20.0. The van der Waals surface area contributed by atoms with E-state index in [1.807, 2.05) is 6.92 Å². The molecule has 0 saturated carbocycles. The van der Waals surface area contributed by atoms with Crippen LogP contribution in [0.4, 0.5) is 0 Å². The second-order valence-electron chi connectivity index (χ2n) is 7.35. The van der Waals surface area contributed by atoms with Gasteiger partial charge in [0.15, 0.2) is 0 Å². The molecule has 0 amide bonds. The molecule has 162 valence electrons. The molecule has 0 aliphatic heterocycles. The molecule has 27 heavy (non-hydrogen) atoms. The van der Waals surface area contributed by atoms with E-state index in [4.69, 9.17) is 10.5 Å². The van der Waals surface area contributed by atoms with Crippen LogP contribution in [0.5, 0.6) is 0 Å². The number of unbranched alkanes of at least 4 members (excludes halogenated alkanes) is 7. The third-order valence-electron chi connectivity index (χ3n) is 4.58. The molecular formula is C21H46N4O2. The van der Waals surface area contributed by atoms with Crippen LogP contribution in [0, 0.1) is 0 Å². The van der Waals surface area contributed by atoms with Crippen LogP contribution in [-0.2, 0) is 9.53 Å². The molecule has 6 nitrogen and oxygen atoms in total. The van der Waals surface area contributed by atoms with Gasteiger partial charge in [-0.25, -0.2) is 0 Å². The van der Waals surface area contributed by atoms with Gasteiger partial charge in [-0.05, 0) is 19.8 Å². The maximum absolute atomic E-state index is 11.8. The number of esters is 1. The van der Waals surface area contributed by atoms with Gasteiger partial charge in [-0.1, -0.05) is 51.9 Å². The van der Waals surface area contributed by atoms with Crippen LogP contribution >= 0.6 is 0 Å². The lowest BCUT2D eigenvalue weighted by atomic mass is 10.1. The van der Waals surface area contributed by atoms with Crippen molar-refractivity contribution in [1.82, 2.24) is 16.0 Å². The minimum absolute atomic E-state index is 0.0419. The number of nitrogens with two attached hydrogens (primary N) is 1. The van der Waals surface area contributed by atoms with Crippen LogP contribution in [-0.4, -0.2) is 57.9 Å². The Kier molecular flexibility index (Phi) is 21.1. The summed E-state index contributed by atoms with van der Waals surface area (Å²) >= 11 is 0. The number of hydrogen-bond acceptors (Lipinski definition) is 6. The molecule has 5 N–H and O–H groups in total. The van der Waals surface area contributed by atoms with E-state index in [1.54, 1.807) is 0 Å². The summed E-state index contributed by atoms with van der Waals surface area (Å²) in [5.41, 5.74) is 5.40. The van der Waals surface area contributed by atoms with Crippen LogP contribution in [0.3, 0.4) is 0 Å². The van der Waals surface area contributed by atoms with Crippen molar-refractivity contribution in [3.05, 3.63) is 0 Å². The van der Waals surface area contributed by atoms with Gasteiger partial charge in [-0.2, -0.15) is 0 Å². The van der Waals surface area contributed by atoms with E-state index in [0.717, 1.165) is 45.6 Å². The highest BCUT2D eigenvalue weighted by atomic mass is 16.5. The minimum Gasteiger partial charge on any atom is -0.463 e. The van der Waals surface area contributed by atoms with Crippen LogP contribution in [0.1, 0.15) is 78.1 Å². The fourth-order valence-electron chi connectivity index (χ4n) is 2.93. The third-order valence-corrected chi connectivity index (χ3v) is 4.58. The zero-order valence-electron chi connectivity index (χ0n) is 18.0. The van der Waals surface area contributed by atoms with Crippen molar-refractivity contribution in [3.8, 4) is 0 Å². The van der Waals surface area contributed by atoms with Gasteiger partial charge in [0.05, 0.1) is 12.5 Å². The molecule has 0 radical (unpaired) electrons. The number of hydrogen-bond donors (Lipinski definition) is 4. The van der Waals surface area contributed by atoms with E-state index in [-0.39, 0.29) is 12.1 Å². The number of nitrogens with one attached hydrogen (secondary N) is 3. The minimum atomic E-state index is -0.0893. The number of rotatable bonds is 21. The molecular weight excluding hydrogens is 340 g/mol. The van der Waals surface area contributed by atoms with Crippen LogP contribution in [0.15, 0.2) is 0 Å². The quantitative estimate of drug-likeness (QED) is 0.179. The summed E-state index contributed by atoms with van der Waals surface area (Å²) in [5, 5.41) is 9.83. The van der Waals surface area contributed by atoms with Gasteiger partial charge in [0.2, 0.25) is 0 Å². The van der Waals surface area contributed by atoms with Crippen molar-refractivity contribution >= 4 is 5.97 Å². The molecule has 0 aromatic rings. The van der Waals surface area contributed by atoms with Crippen molar-refractivity contribution in [2.75, 3.05) is 45.8 Å². The second-order valence-corrected chi connectivity index (χ2v) is 7.35. The molecule has 1 atom stereocenters. The Morgan fingerprint density at radius 2 is 1.33 bits per heavy atom. The fourth-order valence-corrected chi connectivity index (χ4v) is 2.93. The van der Waals surface area contributed by atoms with Crippen LogP contribution in [0.25, 0.3) is 0 Å². The lowest BCUT2D eigenvalue weighted by molar-refractivity contribution is -0.148. The average molecular weight is 387 g/mol. The summed E-state index contributed by atoms with van der Waals surface area (Å²) in [6, 6.07) is 0. The molecule has 0 heterocycles. The molecule has 0 spiro atoms. The van der Waals surface area contributed by atoms with Gasteiger partial charge < -0.3 is 26.4 Å². The highest BCUT2D eigenvalue weighted by molar-refractivity contribution is 5.69. The van der Waals surface area contributed by atoms with Crippen LogP contribution < -0.4 is 21.7 Å². The first kappa shape index (κ1) is 26.3. The molecule has 0 fully saturated rings. The third kappa shape index (κ3) is 21.5. The number of carbonyl (C=O) groups excluding carboxylic acids is 1. The first-order valence-electron chi connectivity index (χ1n) is 11.2. The van der Waals surface area contributed by atoms with Crippen LogP contribution in [0.2, 0.25) is 0 Å². The molecule has 0 aliphatic rings. The van der Waals surface area contributed by atoms with Crippen molar-refractivity contribution in [3.63, 3.8) is 0 Å². The largest absolute Gasteiger partial charge is 0.463 e. The first-order chi connectivity index (χ1) is 13.2. The van der Waals surface area contributed by atoms with E-state index in [2.05, 4.69) is 22.9 Å². The van der Waals surface area contributed by atoms with Crippen molar-refractivity contribution in [2.24, 2.45) is 5.73 Å². The summed E-state index contributed by atoms with van der Waals surface area (Å²) in [6.07, 6.45) is 12.0. The Balaban J connectivity index is 3.31. The van der Waals surface area contributed by atoms with Gasteiger partial charge in [-0.15, -0.1) is 0 Å². The lowest BCUT2D eigenvalue weighted by Crippen LogP contribution is -2.34. The molecule has 6 heteroatoms. The summed E-state index contributed by atoms with van der Waals surface area (Å²) in [5.74, 6) is -0.0893. The molecule has 0 aromatic carbocycles. The van der Waals surface area contributed by atoms with E-state index < -0.39 is 0 Å². The standard InChI is InChI=1S/C21H46N4O2/c1-3-4-5-6-7-8-9-10-11-20(2)27-21(26)12-14-23-16-18-25-19-17-24-15-13-22/h20,23-25H,3-19,22H2,1-2H3. The van der Waals surface area contributed by atoms with Gasteiger partial charge in [-0.3, -0.25) is 4.79 Å². The Morgan fingerprint density at radius 3 is 1.93 bits per heavy atom. The van der Waals surface area contributed by atoms with E-state index in [0.29, 0.717) is 19.5 Å². The number of ether oxygens (including phenoxy) is 1. The Labute approximate surface area is 167 Å². The zero-order valence-corrected chi connectivity index (χ0v) is 18.0.